The zero-order valence-electron chi connectivity index (χ0n) is 11.3. The maximum Gasteiger partial charge on any atom is 0.193 e. The number of fused-ring (bicyclic) bond motifs is 1. The minimum Gasteiger partial charge on any atom is -0.313 e. The van der Waals surface area contributed by atoms with Gasteiger partial charge in [0.25, 0.3) is 0 Å². The molecular formula is C14H21N3S2. The van der Waals surface area contributed by atoms with Crippen LogP contribution in [0.5, 0.6) is 0 Å². The van der Waals surface area contributed by atoms with Crippen molar-refractivity contribution in [3.63, 3.8) is 0 Å². The predicted molar refractivity (Wildman–Crippen MR) is 84.3 cm³/mol. The van der Waals surface area contributed by atoms with Crippen LogP contribution in [0.2, 0.25) is 0 Å². The Kier molecular flexibility index (Phi) is 4.45. The molecule has 1 saturated heterocycles. The standard InChI is InChI=1S/C14H21N3S2/c1-2-15-12(13-5-3-4-7-18-13)9-11-10-17-6-8-19-14(17)16-11/h6,8,10,12-13,15H,2-5,7,9H2,1H3. The van der Waals surface area contributed by atoms with Gasteiger partial charge in [0.05, 0.1) is 5.69 Å². The van der Waals surface area contributed by atoms with Gasteiger partial charge >= 0.3 is 0 Å². The first-order chi connectivity index (χ1) is 9.36. The second-order valence-corrected chi connectivity index (χ2v) is 7.32. The highest BCUT2D eigenvalue weighted by atomic mass is 32.2. The second-order valence-electron chi connectivity index (χ2n) is 5.10. The van der Waals surface area contributed by atoms with Gasteiger partial charge in [-0.15, -0.1) is 11.3 Å². The molecule has 5 heteroatoms. The van der Waals surface area contributed by atoms with Gasteiger partial charge in [0.2, 0.25) is 0 Å². The predicted octanol–water partition coefficient (Wildman–Crippen LogP) is 3.20. The molecule has 1 fully saturated rings. The lowest BCUT2D eigenvalue weighted by atomic mass is 10.0. The number of nitrogens with one attached hydrogen (secondary N) is 1. The van der Waals surface area contributed by atoms with Crippen molar-refractivity contribution in [1.82, 2.24) is 14.7 Å². The van der Waals surface area contributed by atoms with Gasteiger partial charge in [0, 0.05) is 35.5 Å². The molecule has 0 amide bonds. The SMILES string of the molecule is CCNC(Cc1cn2ccsc2n1)C1CCCCS1. The van der Waals surface area contributed by atoms with Crippen molar-refractivity contribution >= 4 is 28.1 Å². The summed E-state index contributed by atoms with van der Waals surface area (Å²) >= 11 is 3.86. The van der Waals surface area contributed by atoms with E-state index in [1.807, 2.05) is 0 Å². The summed E-state index contributed by atoms with van der Waals surface area (Å²) in [5.74, 6) is 1.32. The molecule has 3 heterocycles. The second kappa shape index (κ2) is 6.29. The average molecular weight is 295 g/mol. The van der Waals surface area contributed by atoms with E-state index < -0.39 is 0 Å². The molecule has 0 radical (unpaired) electrons. The van der Waals surface area contributed by atoms with Gasteiger partial charge in [-0.1, -0.05) is 13.3 Å². The maximum absolute atomic E-state index is 4.72. The number of hydrogen-bond donors (Lipinski definition) is 1. The number of rotatable bonds is 5. The largest absolute Gasteiger partial charge is 0.313 e. The maximum atomic E-state index is 4.72. The van der Waals surface area contributed by atoms with Crippen LogP contribution < -0.4 is 5.32 Å². The van der Waals surface area contributed by atoms with E-state index >= 15 is 0 Å². The van der Waals surface area contributed by atoms with Crippen LogP contribution >= 0.6 is 23.1 Å². The van der Waals surface area contributed by atoms with E-state index in [4.69, 9.17) is 4.98 Å². The van der Waals surface area contributed by atoms with Gasteiger partial charge in [-0.2, -0.15) is 11.8 Å². The molecule has 19 heavy (non-hydrogen) atoms. The molecule has 2 atom stereocenters. The molecule has 3 rings (SSSR count). The van der Waals surface area contributed by atoms with Crippen molar-refractivity contribution in [2.75, 3.05) is 12.3 Å². The Morgan fingerprint density at radius 3 is 3.21 bits per heavy atom. The third-order valence-electron chi connectivity index (χ3n) is 3.70. The van der Waals surface area contributed by atoms with E-state index in [9.17, 15) is 0 Å². The number of likely N-dealkylation sites (N-methyl/N-ethyl adjacent to an activating group) is 1. The van der Waals surface area contributed by atoms with Crippen LogP contribution in [-0.4, -0.2) is 33.0 Å². The zero-order valence-corrected chi connectivity index (χ0v) is 13.0. The normalized spacial score (nSPS) is 21.8. The summed E-state index contributed by atoms with van der Waals surface area (Å²) in [5, 5.41) is 6.52. The highest BCUT2D eigenvalue weighted by molar-refractivity contribution is 8.00. The smallest absolute Gasteiger partial charge is 0.193 e. The molecule has 1 N–H and O–H groups in total. The third-order valence-corrected chi connectivity index (χ3v) is 5.99. The van der Waals surface area contributed by atoms with Gasteiger partial charge in [0.15, 0.2) is 4.96 Å². The molecule has 0 aromatic carbocycles. The fourth-order valence-corrected chi connectivity index (χ4v) is 4.93. The molecule has 3 nitrogen and oxygen atoms in total. The van der Waals surface area contributed by atoms with Crippen molar-refractivity contribution in [2.24, 2.45) is 0 Å². The Morgan fingerprint density at radius 2 is 2.47 bits per heavy atom. The van der Waals surface area contributed by atoms with E-state index in [-0.39, 0.29) is 0 Å². The lowest BCUT2D eigenvalue weighted by Gasteiger charge is -2.30. The fourth-order valence-electron chi connectivity index (χ4n) is 2.78. The quantitative estimate of drug-likeness (QED) is 0.918. The van der Waals surface area contributed by atoms with E-state index in [2.05, 4.69) is 46.2 Å². The van der Waals surface area contributed by atoms with Gasteiger partial charge in [-0.25, -0.2) is 4.98 Å². The van der Waals surface area contributed by atoms with E-state index in [0.29, 0.717) is 6.04 Å². The first-order valence-corrected chi connectivity index (χ1v) is 9.05. The summed E-state index contributed by atoms with van der Waals surface area (Å²) in [4.78, 5) is 5.83. The Bertz CT molecular complexity index is 485. The number of imidazole rings is 1. The minimum absolute atomic E-state index is 0.569. The molecule has 2 aromatic rings. The summed E-state index contributed by atoms with van der Waals surface area (Å²) in [6, 6.07) is 0.569. The molecule has 104 valence electrons. The fraction of sp³-hybridized carbons (Fsp3) is 0.643. The highest BCUT2D eigenvalue weighted by Gasteiger charge is 2.24. The van der Waals surface area contributed by atoms with E-state index in [0.717, 1.165) is 23.2 Å². The third kappa shape index (κ3) is 3.15. The molecule has 1 aliphatic rings. The number of thioether (sulfide) groups is 1. The van der Waals surface area contributed by atoms with Gasteiger partial charge < -0.3 is 5.32 Å². The summed E-state index contributed by atoms with van der Waals surface area (Å²) in [7, 11) is 0. The summed E-state index contributed by atoms with van der Waals surface area (Å²) in [5.41, 5.74) is 1.23. The Morgan fingerprint density at radius 1 is 1.53 bits per heavy atom. The monoisotopic (exact) mass is 295 g/mol. The van der Waals surface area contributed by atoms with Crippen LogP contribution in [0.4, 0.5) is 0 Å². The molecule has 0 aliphatic carbocycles. The topological polar surface area (TPSA) is 29.3 Å². The van der Waals surface area contributed by atoms with Crippen LogP contribution in [0.3, 0.4) is 0 Å². The highest BCUT2D eigenvalue weighted by Crippen LogP contribution is 2.29. The lowest BCUT2D eigenvalue weighted by molar-refractivity contribution is 0.469. The first kappa shape index (κ1) is 13.5. The Balaban J connectivity index is 1.70. The van der Waals surface area contributed by atoms with Crippen molar-refractivity contribution in [3.8, 4) is 0 Å². The zero-order chi connectivity index (χ0) is 13.1. The van der Waals surface area contributed by atoms with E-state index in [1.54, 1.807) is 11.3 Å². The summed E-state index contributed by atoms with van der Waals surface area (Å²) in [6.07, 6.45) is 9.46. The first-order valence-electron chi connectivity index (χ1n) is 7.13. The van der Waals surface area contributed by atoms with Crippen LogP contribution in [0.15, 0.2) is 17.8 Å². The number of thiazole rings is 1. The summed E-state index contributed by atoms with van der Waals surface area (Å²) in [6.45, 7) is 3.25. The van der Waals surface area contributed by atoms with E-state index in [1.165, 1.54) is 30.7 Å². The number of nitrogens with zero attached hydrogens (tertiary/aromatic N) is 2. The van der Waals surface area contributed by atoms with Crippen molar-refractivity contribution in [2.45, 2.75) is 43.9 Å². The van der Waals surface area contributed by atoms with Crippen LogP contribution in [-0.2, 0) is 6.42 Å². The van der Waals surface area contributed by atoms with Gasteiger partial charge in [-0.3, -0.25) is 4.40 Å². The van der Waals surface area contributed by atoms with Crippen LogP contribution in [0.25, 0.3) is 4.96 Å². The Hall–Kier alpha value is -0.520. The van der Waals surface area contributed by atoms with Crippen molar-refractivity contribution in [1.29, 1.82) is 0 Å². The summed E-state index contributed by atoms with van der Waals surface area (Å²) < 4.78 is 2.14. The van der Waals surface area contributed by atoms with Crippen molar-refractivity contribution < 1.29 is 0 Å². The average Bonchev–Trinajstić information content (AvgIpc) is 3.00. The molecule has 1 aliphatic heterocycles. The van der Waals surface area contributed by atoms with Gasteiger partial charge in [-0.05, 0) is 25.1 Å². The molecular weight excluding hydrogens is 274 g/mol. The Labute approximate surface area is 122 Å². The van der Waals surface area contributed by atoms with Gasteiger partial charge in [0.1, 0.15) is 0 Å². The number of aromatic nitrogens is 2. The molecule has 0 saturated carbocycles. The molecule has 2 aromatic heterocycles. The number of hydrogen-bond acceptors (Lipinski definition) is 4. The molecule has 2 unspecified atom stereocenters. The molecule has 0 bridgehead atoms. The van der Waals surface area contributed by atoms with Crippen LogP contribution in [0.1, 0.15) is 31.9 Å². The molecule has 0 spiro atoms. The van der Waals surface area contributed by atoms with Crippen molar-refractivity contribution in [3.05, 3.63) is 23.5 Å². The van der Waals surface area contributed by atoms with Crippen LogP contribution in [0, 0.1) is 0 Å². The lowest BCUT2D eigenvalue weighted by Crippen LogP contribution is -2.41. The minimum atomic E-state index is 0.569.